The van der Waals surface area contributed by atoms with Crippen LogP contribution < -0.4 is 16.8 Å². The Bertz CT molecular complexity index is 1010. The van der Waals surface area contributed by atoms with Gasteiger partial charge in [-0.15, -0.1) is 0 Å². The fourth-order valence-electron chi connectivity index (χ4n) is 3.34. The predicted octanol–water partition coefficient (Wildman–Crippen LogP) is 6.21. The lowest BCUT2D eigenvalue weighted by molar-refractivity contribution is 0.102. The average Bonchev–Trinajstić information content (AvgIpc) is 2.83. The molecule has 1 amide bonds. The molecule has 0 unspecified atom stereocenters. The van der Waals surface area contributed by atoms with Crippen LogP contribution in [0.1, 0.15) is 62.9 Å². The van der Waals surface area contributed by atoms with E-state index in [1.54, 1.807) is 18.3 Å². The van der Waals surface area contributed by atoms with Gasteiger partial charge in [-0.25, -0.2) is 13.8 Å². The van der Waals surface area contributed by atoms with Crippen LogP contribution in [-0.2, 0) is 0 Å². The number of hydrogen-bond acceptors (Lipinski definition) is 5. The van der Waals surface area contributed by atoms with Gasteiger partial charge in [0.05, 0.1) is 23.1 Å². The zero-order valence-electron chi connectivity index (χ0n) is 19.1. The van der Waals surface area contributed by atoms with Gasteiger partial charge in [0.2, 0.25) is 0 Å². The van der Waals surface area contributed by atoms with Crippen molar-refractivity contribution < 1.29 is 13.6 Å². The van der Waals surface area contributed by atoms with Crippen LogP contribution in [0.15, 0.2) is 48.8 Å². The molecule has 2 heterocycles. The zero-order valence-corrected chi connectivity index (χ0v) is 19.1. The maximum absolute atomic E-state index is 14.3. The largest absolute Gasteiger partial charge is 0.398 e. The van der Waals surface area contributed by atoms with Crippen LogP contribution in [0.5, 0.6) is 0 Å². The molecular formula is C25H31F2N5O. The lowest BCUT2D eigenvalue weighted by Crippen LogP contribution is -2.17. The normalized spacial score (nSPS) is 12.5. The lowest BCUT2D eigenvalue weighted by Gasteiger charge is -2.12. The van der Waals surface area contributed by atoms with Gasteiger partial charge in [0, 0.05) is 18.0 Å². The van der Waals surface area contributed by atoms with Crippen LogP contribution in [0.3, 0.4) is 0 Å². The molecule has 2 aromatic heterocycles. The van der Waals surface area contributed by atoms with E-state index in [4.69, 9.17) is 11.5 Å². The van der Waals surface area contributed by atoms with Crippen molar-refractivity contribution >= 4 is 23.0 Å². The van der Waals surface area contributed by atoms with Crippen molar-refractivity contribution in [1.82, 2.24) is 9.97 Å². The van der Waals surface area contributed by atoms with Crippen LogP contribution in [-0.4, -0.2) is 15.9 Å². The van der Waals surface area contributed by atoms with E-state index in [1.807, 2.05) is 13.8 Å². The van der Waals surface area contributed by atoms with Crippen molar-refractivity contribution in [2.45, 2.75) is 52.4 Å². The van der Waals surface area contributed by atoms with Gasteiger partial charge >= 0.3 is 0 Å². The van der Waals surface area contributed by atoms with Crippen molar-refractivity contribution in [3.05, 3.63) is 66.1 Å². The first kappa shape index (κ1) is 25.7. The van der Waals surface area contributed by atoms with Crippen molar-refractivity contribution in [1.29, 1.82) is 0 Å². The molecule has 1 saturated carbocycles. The molecule has 5 N–H and O–H groups in total. The molecule has 176 valence electrons. The van der Waals surface area contributed by atoms with E-state index in [-0.39, 0.29) is 28.3 Å². The quantitative estimate of drug-likeness (QED) is 0.407. The van der Waals surface area contributed by atoms with Crippen molar-refractivity contribution in [2.75, 3.05) is 16.8 Å². The number of nitrogens with one attached hydrogen (secondary N) is 1. The number of benzene rings is 1. The fourth-order valence-corrected chi connectivity index (χ4v) is 3.34. The maximum atomic E-state index is 14.3. The van der Waals surface area contributed by atoms with Gasteiger partial charge in [0.25, 0.3) is 5.91 Å². The topological polar surface area (TPSA) is 107 Å². The first-order valence-electron chi connectivity index (χ1n) is 11.2. The Balaban J connectivity index is 0.000000411. The highest BCUT2D eigenvalue weighted by Crippen LogP contribution is 2.31. The summed E-state index contributed by atoms with van der Waals surface area (Å²) in [6.07, 6.45) is 12.0. The van der Waals surface area contributed by atoms with Crippen LogP contribution in [0.25, 0.3) is 11.3 Å². The molecule has 0 aliphatic heterocycles. The number of nitrogen functional groups attached to an aromatic ring is 2. The summed E-state index contributed by atoms with van der Waals surface area (Å²) < 4.78 is 28.3. The van der Waals surface area contributed by atoms with Crippen LogP contribution in [0.4, 0.5) is 25.8 Å². The predicted molar refractivity (Wildman–Crippen MR) is 130 cm³/mol. The third-order valence-electron chi connectivity index (χ3n) is 4.92. The Morgan fingerprint density at radius 1 is 0.909 bits per heavy atom. The standard InChI is InChI=1S/C17H13F2N5O.C6H12.C2H6/c18-10-4-1-5-12(20)14(10)15-11(19)7-13(21)16(24-15)17(25)23-9-3-2-6-22-8-9;1-2-4-6-5-3-1;1-2/h1-8H,20-21H2,(H,23,25);1-6H2;1-2H3. The summed E-state index contributed by atoms with van der Waals surface area (Å²) in [5.74, 6) is -2.32. The van der Waals surface area contributed by atoms with Crippen LogP contribution in [0.2, 0.25) is 0 Å². The van der Waals surface area contributed by atoms with E-state index in [0.29, 0.717) is 5.69 Å². The summed E-state index contributed by atoms with van der Waals surface area (Å²) in [4.78, 5) is 20.1. The number of carbonyl (C=O) groups is 1. The summed E-state index contributed by atoms with van der Waals surface area (Å²) in [7, 11) is 0. The SMILES string of the molecule is C1CCCCC1.CC.Nc1cc(F)c(-c2c(N)cccc2F)nc1C(=O)Nc1cccnc1. The summed E-state index contributed by atoms with van der Waals surface area (Å²) in [6.45, 7) is 4.00. The second-order valence-corrected chi connectivity index (χ2v) is 7.28. The van der Waals surface area contributed by atoms with E-state index < -0.39 is 17.5 Å². The Morgan fingerprint density at radius 3 is 2.09 bits per heavy atom. The average molecular weight is 456 g/mol. The molecule has 33 heavy (non-hydrogen) atoms. The number of pyridine rings is 2. The van der Waals surface area contributed by atoms with Gasteiger partial charge in [-0.05, 0) is 24.3 Å². The van der Waals surface area contributed by atoms with Gasteiger partial charge in [-0.1, -0.05) is 58.4 Å². The second kappa shape index (κ2) is 13.1. The molecule has 4 rings (SSSR count). The zero-order chi connectivity index (χ0) is 24.2. The minimum Gasteiger partial charge on any atom is -0.398 e. The molecule has 0 spiro atoms. The smallest absolute Gasteiger partial charge is 0.276 e. The molecule has 0 radical (unpaired) electrons. The van der Waals surface area contributed by atoms with E-state index in [1.165, 1.54) is 56.9 Å². The number of amides is 1. The maximum Gasteiger partial charge on any atom is 0.276 e. The molecular weight excluding hydrogens is 424 g/mol. The van der Waals surface area contributed by atoms with Gasteiger partial charge < -0.3 is 16.8 Å². The first-order valence-corrected chi connectivity index (χ1v) is 11.2. The number of aromatic nitrogens is 2. The summed E-state index contributed by atoms with van der Waals surface area (Å²) >= 11 is 0. The first-order chi connectivity index (χ1) is 16.0. The molecule has 6 nitrogen and oxygen atoms in total. The molecule has 1 fully saturated rings. The van der Waals surface area contributed by atoms with E-state index in [0.717, 1.165) is 12.1 Å². The number of halogens is 2. The number of nitrogens with two attached hydrogens (primary N) is 2. The molecule has 3 aromatic rings. The highest BCUT2D eigenvalue weighted by atomic mass is 19.1. The molecule has 8 heteroatoms. The molecule has 0 bridgehead atoms. The monoisotopic (exact) mass is 455 g/mol. The Morgan fingerprint density at radius 2 is 1.55 bits per heavy atom. The number of anilines is 3. The highest BCUT2D eigenvalue weighted by Gasteiger charge is 2.21. The number of rotatable bonds is 3. The number of nitrogens with zero attached hydrogens (tertiary/aromatic N) is 2. The minimum atomic E-state index is -0.882. The van der Waals surface area contributed by atoms with Gasteiger partial charge in [-0.2, -0.15) is 0 Å². The third kappa shape index (κ3) is 7.24. The molecule has 0 atom stereocenters. The summed E-state index contributed by atoms with van der Waals surface area (Å²) in [5, 5.41) is 2.54. The van der Waals surface area contributed by atoms with Gasteiger partial charge in [0.1, 0.15) is 11.5 Å². The van der Waals surface area contributed by atoms with Crippen molar-refractivity contribution in [3.8, 4) is 11.3 Å². The third-order valence-corrected chi connectivity index (χ3v) is 4.92. The minimum absolute atomic E-state index is 0.00483. The Kier molecular flexibility index (Phi) is 10.2. The molecule has 0 saturated heterocycles. The van der Waals surface area contributed by atoms with Crippen LogP contribution in [0, 0.1) is 11.6 Å². The van der Waals surface area contributed by atoms with Crippen LogP contribution >= 0.6 is 0 Å². The van der Waals surface area contributed by atoms with Gasteiger partial charge in [0.15, 0.2) is 11.5 Å². The Labute approximate surface area is 193 Å². The highest BCUT2D eigenvalue weighted by molar-refractivity contribution is 6.06. The summed E-state index contributed by atoms with van der Waals surface area (Å²) in [5.41, 5.74) is 10.8. The number of hydrogen-bond donors (Lipinski definition) is 3. The van der Waals surface area contributed by atoms with E-state index in [2.05, 4.69) is 15.3 Å². The number of carbonyl (C=O) groups excluding carboxylic acids is 1. The van der Waals surface area contributed by atoms with Crippen molar-refractivity contribution in [3.63, 3.8) is 0 Å². The van der Waals surface area contributed by atoms with Crippen molar-refractivity contribution in [2.24, 2.45) is 0 Å². The lowest BCUT2D eigenvalue weighted by atomic mass is 10.0. The molecule has 1 aliphatic carbocycles. The Hall–Kier alpha value is -3.55. The van der Waals surface area contributed by atoms with E-state index >= 15 is 0 Å². The molecule has 1 aliphatic rings. The van der Waals surface area contributed by atoms with E-state index in [9.17, 15) is 13.6 Å². The second-order valence-electron chi connectivity index (χ2n) is 7.28. The fraction of sp³-hybridized carbons (Fsp3) is 0.320. The molecule has 1 aromatic carbocycles. The summed E-state index contributed by atoms with van der Waals surface area (Å²) in [6, 6.07) is 8.07. The van der Waals surface area contributed by atoms with Gasteiger partial charge in [-0.3, -0.25) is 9.78 Å².